The fourth-order valence-electron chi connectivity index (χ4n) is 10.7. The number of nitrogens with one attached hydrogen (secondary N) is 4. The molecule has 4 heterocycles. The van der Waals surface area contributed by atoms with Gasteiger partial charge in [0, 0.05) is 144 Å². The first kappa shape index (κ1) is 75.1. The molecular formula is C61H84F2IN13O15S. The number of hydrogen-bond donors (Lipinski definition) is 8. The summed E-state index contributed by atoms with van der Waals surface area (Å²) in [4.78, 5) is 130. The number of nitriles is 1. The Labute approximate surface area is 556 Å². The molecule has 3 aliphatic rings. The van der Waals surface area contributed by atoms with Crippen molar-refractivity contribution < 1.29 is 81.8 Å². The standard InChI is InChI=1S/C61H84F2IN13O15S/c62-61(63)34-45(35-65)77(42-61)54(81)36-69-58(88)47-11-13-66-49-10-9-46(33-48(47)49)92-29-2-16-71-25-27-76(28-26-71)60(90)51(78)41-93-32-15-68-59(89)50(12-30-91-31-14-67-52(79)4-1-3-43-5-7-44(64)8-6-43)70-53(80)37-72-17-19-73(38-55(82)83)21-23-75(40-57(86)87)24-22-74(20-18-72)39-56(84)85/h5-11,13,33,45,50-51,78H,1-4,12,14-32,34,36-42H2,(H,67,79)(H,68,89)(H,69,88)(H,70,80)(H,82,83)(H,84,85)(H,86,87)/t45-,50+,51-/m1/s1. The Morgan fingerprint density at radius 2 is 1.34 bits per heavy atom. The Hall–Kier alpha value is -6.97. The van der Waals surface area contributed by atoms with E-state index in [1.807, 2.05) is 24.3 Å². The van der Waals surface area contributed by atoms with Crippen molar-refractivity contribution in [2.75, 3.05) is 169 Å². The number of rotatable bonds is 34. The summed E-state index contributed by atoms with van der Waals surface area (Å²) in [6.45, 7) is 2.11. The van der Waals surface area contributed by atoms with Crippen LogP contribution < -0.4 is 26.0 Å². The zero-order valence-corrected chi connectivity index (χ0v) is 54.9. The van der Waals surface area contributed by atoms with Gasteiger partial charge in [0.2, 0.25) is 23.6 Å². The molecule has 93 heavy (non-hydrogen) atoms. The van der Waals surface area contributed by atoms with E-state index in [2.05, 4.69) is 53.7 Å². The highest BCUT2D eigenvalue weighted by Gasteiger charge is 2.47. The number of alkyl halides is 2. The molecule has 3 aliphatic heterocycles. The van der Waals surface area contributed by atoms with Crippen molar-refractivity contribution >= 4 is 98.6 Å². The van der Waals surface area contributed by atoms with E-state index < -0.39 is 91.1 Å². The highest BCUT2D eigenvalue weighted by Crippen LogP contribution is 2.32. The summed E-state index contributed by atoms with van der Waals surface area (Å²) in [5.74, 6) is -8.71. The molecule has 8 N–H and O–H groups in total. The Bertz CT molecular complexity index is 3010. The normalized spacial score (nSPS) is 17.9. The lowest BCUT2D eigenvalue weighted by atomic mass is 10.1. The number of aromatic nitrogens is 1. The lowest BCUT2D eigenvalue weighted by molar-refractivity contribution is -0.141. The summed E-state index contributed by atoms with van der Waals surface area (Å²) in [5.41, 5.74) is 1.81. The molecule has 6 amide bonds. The molecule has 0 unspecified atom stereocenters. The van der Waals surface area contributed by atoms with Crippen molar-refractivity contribution in [1.29, 1.82) is 5.26 Å². The van der Waals surface area contributed by atoms with E-state index in [0.717, 1.165) is 20.5 Å². The maximum Gasteiger partial charge on any atom is 0.317 e. The molecule has 0 radical (unpaired) electrons. The van der Waals surface area contributed by atoms with Crippen molar-refractivity contribution in [3.05, 3.63) is 69.4 Å². The predicted molar refractivity (Wildman–Crippen MR) is 345 cm³/mol. The molecule has 3 saturated heterocycles. The van der Waals surface area contributed by atoms with Crippen LogP contribution in [0.1, 0.15) is 48.0 Å². The van der Waals surface area contributed by atoms with Gasteiger partial charge >= 0.3 is 17.9 Å². The van der Waals surface area contributed by atoms with E-state index in [0.29, 0.717) is 81.0 Å². The van der Waals surface area contributed by atoms with Crippen LogP contribution in [0.15, 0.2) is 54.7 Å². The number of likely N-dealkylation sites (tertiary alicyclic amines) is 1. The second kappa shape index (κ2) is 39.0. The van der Waals surface area contributed by atoms with Gasteiger partial charge in [-0.05, 0) is 90.2 Å². The number of piperazine rings is 1. The lowest BCUT2D eigenvalue weighted by Gasteiger charge is -2.35. The van der Waals surface area contributed by atoms with E-state index in [-0.39, 0.29) is 128 Å². The van der Waals surface area contributed by atoms with Crippen LogP contribution in [-0.2, 0) is 49.5 Å². The smallest absolute Gasteiger partial charge is 0.317 e. The fraction of sp³-hybridized carbons (Fsp3) is 0.590. The van der Waals surface area contributed by atoms with E-state index in [9.17, 15) is 77.6 Å². The molecule has 3 aromatic rings. The van der Waals surface area contributed by atoms with Crippen LogP contribution in [-0.4, -0.2) is 306 Å². The van der Waals surface area contributed by atoms with E-state index in [4.69, 9.17) is 9.47 Å². The van der Waals surface area contributed by atoms with Crippen molar-refractivity contribution in [1.82, 2.24) is 60.6 Å². The molecule has 0 saturated carbocycles. The molecule has 6 rings (SSSR count). The number of carbonyl (C=O) groups excluding carboxylic acids is 6. The maximum atomic E-state index is 13.9. The zero-order valence-electron chi connectivity index (χ0n) is 51.9. The number of carboxylic acid groups (broad SMARTS) is 3. The third kappa shape index (κ3) is 27.1. The number of ether oxygens (including phenoxy) is 2. The van der Waals surface area contributed by atoms with Crippen LogP contribution in [0.4, 0.5) is 8.78 Å². The molecule has 3 atom stereocenters. The minimum Gasteiger partial charge on any atom is -0.494 e. The third-order valence-corrected chi connectivity index (χ3v) is 17.5. The topological polar surface area (TPSA) is 360 Å². The SMILES string of the molecule is N#C[C@H]1CC(F)(F)CN1C(=O)CNC(=O)c1ccnc2ccc(OCCCN3CCN(C(=O)[C@H](O)CSCCNC(=O)[C@H](CCOCCNC(=O)CCCc4ccc(I)cc4)NC(=O)CN4CCN(CC(=O)O)CCN(CC(=O)O)CCN(CC(=O)O)CC4)CC3)cc12. The van der Waals surface area contributed by atoms with Crippen LogP contribution in [0.2, 0.25) is 0 Å². The second-order valence-corrected chi connectivity index (χ2v) is 25.2. The van der Waals surface area contributed by atoms with Gasteiger partial charge in [0.25, 0.3) is 17.7 Å². The number of nitrogens with zero attached hydrogens (tertiary/aromatic N) is 9. The Kier molecular flexibility index (Phi) is 31.5. The molecule has 0 spiro atoms. The number of aliphatic carboxylic acids is 3. The van der Waals surface area contributed by atoms with Gasteiger partial charge in [-0.3, -0.25) is 72.6 Å². The van der Waals surface area contributed by atoms with Crippen molar-refractivity contribution in [3.63, 3.8) is 0 Å². The van der Waals surface area contributed by atoms with Gasteiger partial charge in [0.1, 0.15) is 23.9 Å². The fourth-order valence-corrected chi connectivity index (χ4v) is 11.9. The Balaban J connectivity index is 0.932. The van der Waals surface area contributed by atoms with Gasteiger partial charge in [-0.15, -0.1) is 0 Å². The number of carbonyl (C=O) groups is 9. The predicted octanol–water partition coefficient (Wildman–Crippen LogP) is -0.0416. The molecule has 2 aromatic carbocycles. The van der Waals surface area contributed by atoms with Gasteiger partial charge in [0.15, 0.2) is 0 Å². The first-order chi connectivity index (χ1) is 44.5. The van der Waals surface area contributed by atoms with E-state index in [1.165, 1.54) is 24.0 Å². The second-order valence-electron chi connectivity index (χ2n) is 22.8. The average Bonchev–Trinajstić information content (AvgIpc) is 1.86. The number of amides is 6. The van der Waals surface area contributed by atoms with E-state index in [1.54, 1.807) is 48.8 Å². The number of fused-ring (bicyclic) bond motifs is 1. The van der Waals surface area contributed by atoms with Crippen LogP contribution >= 0.6 is 34.4 Å². The highest BCUT2D eigenvalue weighted by molar-refractivity contribution is 14.1. The van der Waals surface area contributed by atoms with Gasteiger partial charge < -0.3 is 61.0 Å². The number of pyridine rings is 1. The van der Waals surface area contributed by atoms with Gasteiger partial charge in [-0.25, -0.2) is 8.78 Å². The minimum atomic E-state index is -3.19. The lowest BCUT2D eigenvalue weighted by Crippen LogP contribution is -2.52. The highest BCUT2D eigenvalue weighted by atomic mass is 127. The molecular weight excluding hydrogens is 1350 g/mol. The largest absolute Gasteiger partial charge is 0.494 e. The molecule has 1 aromatic heterocycles. The van der Waals surface area contributed by atoms with Gasteiger partial charge in [0.05, 0.1) is 69.6 Å². The van der Waals surface area contributed by atoms with Crippen LogP contribution in [0.3, 0.4) is 0 Å². The molecule has 32 heteroatoms. The number of hydrogen-bond acceptors (Lipinski definition) is 20. The summed E-state index contributed by atoms with van der Waals surface area (Å²) in [6.07, 6.45) is 1.77. The molecule has 3 fully saturated rings. The molecule has 510 valence electrons. The Morgan fingerprint density at radius 3 is 1.96 bits per heavy atom. The van der Waals surface area contributed by atoms with Crippen molar-refractivity contribution in [3.8, 4) is 11.8 Å². The summed E-state index contributed by atoms with van der Waals surface area (Å²) >= 11 is 3.49. The van der Waals surface area contributed by atoms with Crippen LogP contribution in [0, 0.1) is 14.9 Å². The number of carboxylic acids is 3. The number of halogens is 3. The van der Waals surface area contributed by atoms with Crippen molar-refractivity contribution in [2.45, 2.75) is 62.6 Å². The maximum absolute atomic E-state index is 13.9. The number of aliphatic hydroxyl groups excluding tert-OH is 1. The van der Waals surface area contributed by atoms with Crippen molar-refractivity contribution in [2.24, 2.45) is 0 Å². The van der Waals surface area contributed by atoms with Gasteiger partial charge in [-0.2, -0.15) is 17.0 Å². The summed E-state index contributed by atoms with van der Waals surface area (Å²) < 4.78 is 40.8. The summed E-state index contributed by atoms with van der Waals surface area (Å²) in [6, 6.07) is 13.9. The quantitative estimate of drug-likeness (QED) is 0.0287. The number of aryl methyl sites for hydroxylation is 1. The number of thioether (sulfide) groups is 1. The first-order valence-corrected chi connectivity index (χ1v) is 33.1. The molecule has 0 bridgehead atoms. The van der Waals surface area contributed by atoms with Crippen LogP contribution in [0.25, 0.3) is 10.9 Å². The third-order valence-electron chi connectivity index (χ3n) is 15.7. The van der Waals surface area contributed by atoms with E-state index >= 15 is 0 Å². The summed E-state index contributed by atoms with van der Waals surface area (Å²) in [7, 11) is 0. The zero-order chi connectivity index (χ0) is 67.3. The summed E-state index contributed by atoms with van der Waals surface area (Å²) in [5, 5.41) is 60.4. The number of aliphatic hydroxyl groups is 1. The van der Waals surface area contributed by atoms with Crippen LogP contribution in [0.5, 0.6) is 5.75 Å². The molecule has 28 nitrogen and oxygen atoms in total. The molecule has 0 aliphatic carbocycles. The van der Waals surface area contributed by atoms with Gasteiger partial charge in [-0.1, -0.05) is 12.1 Å². The monoisotopic (exact) mass is 1440 g/mol. The minimum absolute atomic E-state index is 0.0267. The Morgan fingerprint density at radius 1 is 0.731 bits per heavy atom. The average molecular weight is 1440 g/mol. The first-order valence-electron chi connectivity index (χ1n) is 30.9. The number of benzene rings is 2.